The summed E-state index contributed by atoms with van der Waals surface area (Å²) in [6.45, 7) is 3.22. The van der Waals surface area contributed by atoms with Crippen molar-refractivity contribution in [1.29, 1.82) is 0 Å². The van der Waals surface area contributed by atoms with Crippen molar-refractivity contribution in [2.45, 2.75) is 56.3 Å². The minimum atomic E-state index is -3.56. The lowest BCUT2D eigenvalue weighted by atomic mass is 9.49. The zero-order valence-electron chi connectivity index (χ0n) is 19.8. The molecular weight excluding hydrogens is 450 g/mol. The van der Waals surface area contributed by atoms with Crippen molar-refractivity contribution in [2.75, 3.05) is 39.3 Å². The molecule has 0 spiro atoms. The zero-order valence-corrected chi connectivity index (χ0v) is 20.6. The third-order valence-corrected chi connectivity index (χ3v) is 11.0. The van der Waals surface area contributed by atoms with Crippen molar-refractivity contribution >= 4 is 21.8 Å². The van der Waals surface area contributed by atoms with Crippen molar-refractivity contribution in [3.8, 4) is 0 Å². The first-order valence-electron chi connectivity index (χ1n) is 13.0. The number of hydrogen-bond acceptors (Lipinski definition) is 4. The molecule has 4 saturated carbocycles. The van der Waals surface area contributed by atoms with Crippen LogP contribution in [0.5, 0.6) is 0 Å². The molecule has 8 heteroatoms. The zero-order chi connectivity index (χ0) is 23.5. The largest absolute Gasteiger partial charge is 0.339 e. The highest BCUT2D eigenvalue weighted by Crippen LogP contribution is 2.60. The molecule has 2 heterocycles. The number of hydrogen-bond donors (Lipinski definition) is 0. The molecule has 6 aliphatic rings. The molecule has 4 aliphatic carbocycles. The number of piperazine rings is 1. The summed E-state index contributed by atoms with van der Waals surface area (Å²) in [7, 11) is -3.56. The second kappa shape index (κ2) is 8.33. The minimum absolute atomic E-state index is 0.140. The van der Waals surface area contributed by atoms with Crippen LogP contribution in [0, 0.1) is 23.2 Å². The molecule has 184 valence electrons. The molecule has 1 aromatic rings. The highest BCUT2D eigenvalue weighted by Gasteiger charge is 2.55. The SMILES string of the molecule is O=C(c1cccc(S(=O)(=O)N2CCCC2)c1)N1CCN(C(=O)C23CC4CC(CC(C4)C2)C3)CC1. The number of benzene rings is 1. The van der Waals surface area contributed by atoms with Crippen LogP contribution in [0.4, 0.5) is 0 Å². The van der Waals surface area contributed by atoms with Crippen molar-refractivity contribution in [3.63, 3.8) is 0 Å². The Morgan fingerprint density at radius 3 is 1.94 bits per heavy atom. The lowest BCUT2D eigenvalue weighted by molar-refractivity contribution is -0.159. The summed E-state index contributed by atoms with van der Waals surface area (Å²) < 4.78 is 27.4. The van der Waals surface area contributed by atoms with Gasteiger partial charge in [0.15, 0.2) is 0 Å². The molecule has 6 fully saturated rings. The van der Waals surface area contributed by atoms with Gasteiger partial charge in [0.2, 0.25) is 15.9 Å². The van der Waals surface area contributed by atoms with Gasteiger partial charge in [-0.3, -0.25) is 9.59 Å². The molecular formula is C26H35N3O4S. The molecule has 0 unspecified atom stereocenters. The molecule has 0 atom stereocenters. The van der Waals surface area contributed by atoms with Gasteiger partial charge in [-0.2, -0.15) is 4.31 Å². The van der Waals surface area contributed by atoms with E-state index in [1.54, 1.807) is 23.1 Å². The van der Waals surface area contributed by atoms with Gasteiger partial charge in [-0.05, 0) is 87.3 Å². The first-order chi connectivity index (χ1) is 16.3. The quantitative estimate of drug-likeness (QED) is 0.657. The first kappa shape index (κ1) is 22.5. The topological polar surface area (TPSA) is 78.0 Å². The van der Waals surface area contributed by atoms with Crippen LogP contribution in [0.1, 0.15) is 61.7 Å². The number of sulfonamides is 1. The van der Waals surface area contributed by atoms with E-state index in [-0.39, 0.29) is 16.2 Å². The number of amides is 2. The smallest absolute Gasteiger partial charge is 0.254 e. The summed E-state index contributed by atoms with van der Waals surface area (Å²) in [4.78, 5) is 30.8. The van der Waals surface area contributed by atoms with Gasteiger partial charge < -0.3 is 9.80 Å². The summed E-state index contributed by atoms with van der Waals surface area (Å²) in [5, 5.41) is 0. The van der Waals surface area contributed by atoms with Gasteiger partial charge in [0, 0.05) is 44.8 Å². The van der Waals surface area contributed by atoms with E-state index >= 15 is 0 Å². The number of carbonyl (C=O) groups excluding carboxylic acids is 2. The van der Waals surface area contributed by atoms with E-state index in [2.05, 4.69) is 0 Å². The van der Waals surface area contributed by atoms with Crippen molar-refractivity contribution in [1.82, 2.24) is 14.1 Å². The molecule has 2 saturated heterocycles. The molecule has 2 aliphatic heterocycles. The average molecular weight is 486 g/mol. The van der Waals surface area contributed by atoms with Crippen molar-refractivity contribution in [3.05, 3.63) is 29.8 Å². The molecule has 1 aromatic carbocycles. The fraction of sp³-hybridized carbons (Fsp3) is 0.692. The number of carbonyl (C=O) groups is 2. The van der Waals surface area contributed by atoms with Crippen LogP contribution in [0.2, 0.25) is 0 Å². The number of rotatable bonds is 4. The van der Waals surface area contributed by atoms with E-state index in [1.807, 2.05) is 4.90 Å². The second-order valence-electron chi connectivity index (χ2n) is 11.4. The van der Waals surface area contributed by atoms with Crippen molar-refractivity contribution in [2.24, 2.45) is 23.2 Å². The summed E-state index contributed by atoms with van der Waals surface area (Å²) in [5.41, 5.74) is 0.264. The van der Waals surface area contributed by atoms with Crippen LogP contribution in [-0.2, 0) is 14.8 Å². The Kier molecular flexibility index (Phi) is 5.52. The second-order valence-corrected chi connectivity index (χ2v) is 13.4. The van der Waals surface area contributed by atoms with E-state index < -0.39 is 10.0 Å². The predicted octanol–water partition coefficient (Wildman–Crippen LogP) is 2.97. The Labute approximate surface area is 202 Å². The summed E-state index contributed by atoms with van der Waals surface area (Å²) in [6.07, 6.45) is 8.91. The Hall–Kier alpha value is -1.93. The van der Waals surface area contributed by atoms with E-state index in [0.29, 0.717) is 50.7 Å². The van der Waals surface area contributed by atoms with Gasteiger partial charge in [-0.1, -0.05) is 6.07 Å². The van der Waals surface area contributed by atoms with Gasteiger partial charge in [0.1, 0.15) is 0 Å². The minimum Gasteiger partial charge on any atom is -0.339 e. The molecule has 0 radical (unpaired) electrons. The summed E-state index contributed by atoms with van der Waals surface area (Å²) >= 11 is 0. The summed E-state index contributed by atoms with van der Waals surface area (Å²) in [5.74, 6) is 2.39. The van der Waals surface area contributed by atoms with Crippen LogP contribution in [0.3, 0.4) is 0 Å². The van der Waals surface area contributed by atoms with E-state index in [0.717, 1.165) is 49.9 Å². The van der Waals surface area contributed by atoms with Gasteiger partial charge in [0.05, 0.1) is 10.3 Å². The molecule has 7 nitrogen and oxygen atoms in total. The van der Waals surface area contributed by atoms with Crippen LogP contribution >= 0.6 is 0 Å². The van der Waals surface area contributed by atoms with Crippen molar-refractivity contribution < 1.29 is 18.0 Å². The highest BCUT2D eigenvalue weighted by molar-refractivity contribution is 7.89. The maximum absolute atomic E-state index is 13.6. The molecule has 4 bridgehead atoms. The maximum Gasteiger partial charge on any atom is 0.254 e. The molecule has 7 rings (SSSR count). The molecule has 0 N–H and O–H groups in total. The van der Waals surface area contributed by atoms with E-state index in [9.17, 15) is 18.0 Å². The third kappa shape index (κ3) is 3.77. The monoisotopic (exact) mass is 485 g/mol. The summed E-state index contributed by atoms with van der Waals surface area (Å²) in [6, 6.07) is 6.44. The Morgan fingerprint density at radius 2 is 1.35 bits per heavy atom. The van der Waals surface area contributed by atoms with E-state index in [4.69, 9.17) is 0 Å². The fourth-order valence-corrected chi connectivity index (χ4v) is 9.43. The van der Waals surface area contributed by atoms with Crippen LogP contribution < -0.4 is 0 Å². The fourth-order valence-electron chi connectivity index (χ4n) is 7.87. The van der Waals surface area contributed by atoms with Gasteiger partial charge in [0.25, 0.3) is 5.91 Å². The standard InChI is InChI=1S/C26H35N3O4S/c30-24(22-4-3-5-23(15-22)34(32,33)29-6-1-2-7-29)27-8-10-28(11-9-27)25(31)26-16-19-12-20(17-26)14-21(13-19)18-26/h3-5,15,19-21H,1-2,6-14,16-18H2. The van der Waals surface area contributed by atoms with Gasteiger partial charge in [-0.25, -0.2) is 8.42 Å². The number of nitrogens with zero attached hydrogens (tertiary/aromatic N) is 3. The normalized spacial score (nSPS) is 33.5. The van der Waals surface area contributed by atoms with Gasteiger partial charge in [-0.15, -0.1) is 0 Å². The van der Waals surface area contributed by atoms with Crippen LogP contribution in [0.15, 0.2) is 29.2 Å². The van der Waals surface area contributed by atoms with Crippen LogP contribution in [-0.4, -0.2) is 73.6 Å². The maximum atomic E-state index is 13.6. The lowest BCUT2D eigenvalue weighted by Crippen LogP contribution is -2.58. The van der Waals surface area contributed by atoms with Gasteiger partial charge >= 0.3 is 0 Å². The third-order valence-electron chi connectivity index (χ3n) is 9.13. The first-order valence-corrected chi connectivity index (χ1v) is 14.5. The Bertz CT molecular complexity index is 1050. The molecule has 0 aromatic heterocycles. The molecule has 34 heavy (non-hydrogen) atoms. The average Bonchev–Trinajstić information content (AvgIpc) is 3.39. The Balaban J connectivity index is 1.11. The van der Waals surface area contributed by atoms with E-state index in [1.165, 1.54) is 29.6 Å². The lowest BCUT2D eigenvalue weighted by Gasteiger charge is -2.57. The van der Waals surface area contributed by atoms with Crippen LogP contribution in [0.25, 0.3) is 0 Å². The predicted molar refractivity (Wildman–Crippen MR) is 128 cm³/mol. The highest BCUT2D eigenvalue weighted by atomic mass is 32.2. The Morgan fingerprint density at radius 1 is 0.794 bits per heavy atom. The molecule has 2 amide bonds.